The Bertz CT molecular complexity index is 1380. The van der Waals surface area contributed by atoms with Gasteiger partial charge in [-0.1, -0.05) is 32.0 Å². The molecule has 3 fully saturated rings. The molecule has 1 heterocycles. The van der Waals surface area contributed by atoms with Crippen molar-refractivity contribution in [3.8, 4) is 0 Å². The number of carbonyl (C=O) groups is 2. The number of aliphatic hydroxyl groups is 1. The second-order valence-electron chi connectivity index (χ2n) is 13.2. The highest BCUT2D eigenvalue weighted by molar-refractivity contribution is 5.95. The maximum atomic E-state index is 14.6. The molecule has 0 radical (unpaired) electrons. The lowest BCUT2D eigenvalue weighted by molar-refractivity contribution is -0.152. The first-order valence-corrected chi connectivity index (χ1v) is 14.4. The molecule has 43 heavy (non-hydrogen) atoms. The fraction of sp³-hybridized carbons (Fsp3) is 0.633. The van der Waals surface area contributed by atoms with Crippen molar-refractivity contribution in [3.63, 3.8) is 0 Å². The molecule has 2 N–H and O–H groups in total. The molecule has 3 aliphatic rings. The van der Waals surface area contributed by atoms with E-state index in [2.05, 4.69) is 18.9 Å². The summed E-state index contributed by atoms with van der Waals surface area (Å²) in [5, 5.41) is 24.5. The van der Waals surface area contributed by atoms with Gasteiger partial charge in [-0.2, -0.15) is 31.4 Å². The number of aliphatic hydroxyl groups excluding tert-OH is 1. The summed E-state index contributed by atoms with van der Waals surface area (Å²) in [4.78, 5) is 26.7. The molecule has 0 aliphatic heterocycles. The van der Waals surface area contributed by atoms with E-state index in [4.69, 9.17) is 0 Å². The van der Waals surface area contributed by atoms with Gasteiger partial charge in [0.05, 0.1) is 41.4 Å². The van der Waals surface area contributed by atoms with Crippen molar-refractivity contribution in [2.45, 2.75) is 89.8 Å². The Hall–Kier alpha value is -3.09. The Morgan fingerprint density at radius 2 is 1.60 bits per heavy atom. The number of carbonyl (C=O) groups excluding carboxylic acids is 1. The molecule has 3 saturated carbocycles. The average Bonchev–Trinajstić information content (AvgIpc) is 3.35. The Balaban J connectivity index is 1.48. The lowest BCUT2D eigenvalue weighted by Crippen LogP contribution is -2.43. The molecule has 0 spiro atoms. The van der Waals surface area contributed by atoms with E-state index in [0.29, 0.717) is 12.8 Å². The number of fused-ring (bicyclic) bond motifs is 1. The molecule has 1 aromatic carbocycles. The number of aromatic nitrogens is 2. The molecular weight excluding hydrogens is 580 g/mol. The van der Waals surface area contributed by atoms with Crippen molar-refractivity contribution in [1.29, 1.82) is 0 Å². The molecule has 0 saturated heterocycles. The number of benzene rings is 1. The molecule has 1 aromatic heterocycles. The largest absolute Gasteiger partial charge is 0.481 e. The second kappa shape index (κ2) is 10.5. The number of hydrogen-bond donors (Lipinski definition) is 2. The van der Waals surface area contributed by atoms with Crippen molar-refractivity contribution in [2.24, 2.45) is 22.7 Å². The Morgan fingerprint density at radius 3 is 2.14 bits per heavy atom. The third kappa shape index (κ3) is 5.64. The maximum Gasteiger partial charge on any atom is 0.433 e. The van der Waals surface area contributed by atoms with E-state index in [0.717, 1.165) is 27.9 Å². The predicted octanol–water partition coefficient (Wildman–Crippen LogP) is 6.74. The summed E-state index contributed by atoms with van der Waals surface area (Å²) in [6.45, 7) is 5.04. The fourth-order valence-corrected chi connectivity index (χ4v) is 7.39. The van der Waals surface area contributed by atoms with E-state index >= 15 is 0 Å². The Labute approximate surface area is 244 Å². The number of carboxylic acid groups (broad SMARTS) is 1. The first-order chi connectivity index (χ1) is 19.9. The summed E-state index contributed by atoms with van der Waals surface area (Å²) >= 11 is 0. The summed E-state index contributed by atoms with van der Waals surface area (Å²) in [5.74, 6) is -1.67. The Morgan fingerprint density at radius 1 is 1.02 bits per heavy atom. The zero-order valence-corrected chi connectivity index (χ0v) is 24.0. The van der Waals surface area contributed by atoms with Gasteiger partial charge in [-0.25, -0.2) is 0 Å². The smallest absolute Gasteiger partial charge is 0.433 e. The molecule has 1 amide bonds. The lowest BCUT2D eigenvalue weighted by atomic mass is 9.74. The first kappa shape index (κ1) is 31.3. The molecule has 7 nitrogen and oxygen atoms in total. The number of nitrogens with zero attached hydrogens (tertiary/aromatic N) is 3. The van der Waals surface area contributed by atoms with Gasteiger partial charge in [0.2, 0.25) is 0 Å². The van der Waals surface area contributed by atoms with Gasteiger partial charge < -0.3 is 15.1 Å². The first-order valence-electron chi connectivity index (χ1n) is 14.4. The molecule has 3 atom stereocenters. The SMILES string of the molecule is CC1(C(=O)O)CCC(n2ncc(C(=O)N(CC(O)c3ccccc3C(F)(F)F)C3CC4C(C3)C4(C)C)c2C(F)(F)F)CC1. The molecule has 5 rings (SSSR count). The van der Waals surface area contributed by atoms with Crippen LogP contribution in [-0.4, -0.2) is 49.4 Å². The lowest BCUT2D eigenvalue weighted by Gasteiger charge is -2.35. The fourth-order valence-electron chi connectivity index (χ4n) is 7.39. The van der Waals surface area contributed by atoms with E-state index in [9.17, 15) is 46.1 Å². The van der Waals surface area contributed by atoms with Crippen molar-refractivity contribution >= 4 is 11.9 Å². The normalized spacial score (nSPS) is 29.2. The summed E-state index contributed by atoms with van der Waals surface area (Å²) in [6, 6.07) is 3.03. The van der Waals surface area contributed by atoms with E-state index < -0.39 is 76.8 Å². The summed E-state index contributed by atoms with van der Waals surface area (Å²) in [7, 11) is 0. The van der Waals surface area contributed by atoms with E-state index in [1.54, 1.807) is 6.92 Å². The van der Waals surface area contributed by atoms with Crippen LogP contribution >= 0.6 is 0 Å². The van der Waals surface area contributed by atoms with Crippen LogP contribution in [0.25, 0.3) is 0 Å². The van der Waals surface area contributed by atoms with Crippen LogP contribution in [0.3, 0.4) is 0 Å². The Kier molecular flexibility index (Phi) is 7.67. The van der Waals surface area contributed by atoms with Gasteiger partial charge in [0, 0.05) is 6.04 Å². The quantitative estimate of drug-likeness (QED) is 0.337. The number of hydrogen-bond acceptors (Lipinski definition) is 4. The van der Waals surface area contributed by atoms with Gasteiger partial charge in [0.15, 0.2) is 5.69 Å². The number of alkyl halides is 6. The van der Waals surface area contributed by atoms with Gasteiger partial charge >= 0.3 is 18.3 Å². The standard InChI is InChI=1S/C30H35F6N3O4/c1-27(2)21-12-17(13-22(21)27)38(15-23(40)18-6-4-5-7-20(18)29(31,32)33)25(41)19-14-37-39(24(19)30(34,35)36)16-8-10-28(3,11-9-16)26(42)43/h4-7,14,16-17,21-23,40H,8-13,15H2,1-3H3,(H,42,43). The highest BCUT2D eigenvalue weighted by Crippen LogP contribution is 2.67. The minimum absolute atomic E-state index is 0.000164. The number of amides is 1. The van der Waals surface area contributed by atoms with Crippen LogP contribution in [0, 0.1) is 22.7 Å². The van der Waals surface area contributed by atoms with Gasteiger partial charge in [0.25, 0.3) is 5.91 Å². The third-order valence-electron chi connectivity index (χ3n) is 10.3. The molecule has 3 aliphatic carbocycles. The predicted molar refractivity (Wildman–Crippen MR) is 142 cm³/mol. The molecule has 2 aromatic rings. The molecule has 13 heteroatoms. The van der Waals surface area contributed by atoms with Crippen LogP contribution in [0.1, 0.15) is 98.6 Å². The van der Waals surface area contributed by atoms with Crippen LogP contribution in [0.2, 0.25) is 0 Å². The number of halogens is 6. The zero-order valence-electron chi connectivity index (χ0n) is 24.0. The number of carboxylic acids is 1. The van der Waals surface area contributed by atoms with Crippen LogP contribution < -0.4 is 0 Å². The van der Waals surface area contributed by atoms with Crippen LogP contribution in [0.4, 0.5) is 26.3 Å². The van der Waals surface area contributed by atoms with Gasteiger partial charge in [-0.3, -0.25) is 14.3 Å². The zero-order chi connectivity index (χ0) is 31.7. The average molecular weight is 616 g/mol. The van der Waals surface area contributed by atoms with Crippen molar-refractivity contribution in [2.75, 3.05) is 6.54 Å². The summed E-state index contributed by atoms with van der Waals surface area (Å²) < 4.78 is 85.6. The minimum atomic E-state index is -5.00. The van der Waals surface area contributed by atoms with Crippen molar-refractivity contribution < 1.29 is 46.1 Å². The minimum Gasteiger partial charge on any atom is -0.481 e. The number of rotatable bonds is 7. The molecule has 3 unspecified atom stereocenters. The topological polar surface area (TPSA) is 95.7 Å². The van der Waals surface area contributed by atoms with Gasteiger partial charge in [-0.15, -0.1) is 0 Å². The van der Waals surface area contributed by atoms with Gasteiger partial charge in [-0.05, 0) is 74.3 Å². The van der Waals surface area contributed by atoms with Crippen LogP contribution in [0.5, 0.6) is 0 Å². The summed E-state index contributed by atoms with van der Waals surface area (Å²) in [6.07, 6.45) is -9.35. The van der Waals surface area contributed by atoms with E-state index in [1.165, 1.54) is 12.1 Å². The van der Waals surface area contributed by atoms with Gasteiger partial charge in [0.1, 0.15) is 0 Å². The van der Waals surface area contributed by atoms with Crippen LogP contribution in [-0.2, 0) is 17.1 Å². The van der Waals surface area contributed by atoms with Crippen molar-refractivity contribution in [3.05, 3.63) is 52.8 Å². The maximum absolute atomic E-state index is 14.6. The molecular formula is C30H35F6N3O4. The van der Waals surface area contributed by atoms with Crippen LogP contribution in [0.15, 0.2) is 30.5 Å². The highest BCUT2D eigenvalue weighted by atomic mass is 19.4. The molecule has 0 bridgehead atoms. The third-order valence-corrected chi connectivity index (χ3v) is 10.3. The van der Waals surface area contributed by atoms with E-state index in [1.807, 2.05) is 0 Å². The van der Waals surface area contributed by atoms with Crippen molar-refractivity contribution in [1.82, 2.24) is 14.7 Å². The van der Waals surface area contributed by atoms with E-state index in [-0.39, 0.29) is 42.9 Å². The molecule has 236 valence electrons. The summed E-state index contributed by atoms with van der Waals surface area (Å²) in [5.41, 5.74) is -4.64. The highest BCUT2D eigenvalue weighted by Gasteiger charge is 2.63. The monoisotopic (exact) mass is 615 g/mol. The number of aliphatic carboxylic acids is 1. The second-order valence-corrected chi connectivity index (χ2v) is 13.2.